The van der Waals surface area contributed by atoms with Gasteiger partial charge < -0.3 is 4.42 Å². The van der Waals surface area contributed by atoms with Gasteiger partial charge in [-0.2, -0.15) is 0 Å². The summed E-state index contributed by atoms with van der Waals surface area (Å²) in [5, 5.41) is 0.983. The van der Waals surface area contributed by atoms with Gasteiger partial charge in [-0.05, 0) is 31.3 Å². The summed E-state index contributed by atoms with van der Waals surface area (Å²) in [6.07, 6.45) is 1.31. The fourth-order valence-corrected chi connectivity index (χ4v) is 2.59. The van der Waals surface area contributed by atoms with Gasteiger partial charge in [-0.3, -0.25) is 4.98 Å². The molecule has 0 aliphatic rings. The summed E-state index contributed by atoms with van der Waals surface area (Å²) in [5.41, 5.74) is 1.37. The van der Waals surface area contributed by atoms with E-state index in [-0.39, 0.29) is 4.90 Å². The van der Waals surface area contributed by atoms with Gasteiger partial charge in [0.1, 0.15) is 16.2 Å². The van der Waals surface area contributed by atoms with E-state index in [1.54, 1.807) is 6.07 Å². The van der Waals surface area contributed by atoms with E-state index < -0.39 is 10.0 Å². The van der Waals surface area contributed by atoms with Crippen LogP contribution in [0.15, 0.2) is 58.0 Å². The number of furan rings is 1. The normalized spacial score (nSPS) is 11.8. The van der Waals surface area contributed by atoms with Crippen LogP contribution in [0.2, 0.25) is 0 Å². The molecule has 0 aliphatic heterocycles. The maximum Gasteiger partial charge on any atom is 0.241 e. The number of aromatic nitrogens is 1. The number of hydrogen-bond acceptors (Lipinski definition) is 4. The van der Waals surface area contributed by atoms with Gasteiger partial charge in [-0.25, -0.2) is 13.1 Å². The smallest absolute Gasteiger partial charge is 0.241 e. The Morgan fingerprint density at radius 1 is 1.15 bits per heavy atom. The van der Waals surface area contributed by atoms with Gasteiger partial charge >= 0.3 is 0 Å². The van der Waals surface area contributed by atoms with Gasteiger partial charge in [-0.1, -0.05) is 18.2 Å². The first-order valence-corrected chi connectivity index (χ1v) is 7.47. The van der Waals surface area contributed by atoms with Crippen LogP contribution in [0, 0.1) is 0 Å². The van der Waals surface area contributed by atoms with E-state index in [2.05, 4.69) is 9.71 Å². The third-order valence-corrected chi connectivity index (χ3v) is 4.39. The minimum atomic E-state index is -3.46. The van der Waals surface area contributed by atoms with Crippen molar-refractivity contribution >= 4 is 21.0 Å². The van der Waals surface area contributed by atoms with Crippen LogP contribution in [0.25, 0.3) is 22.4 Å². The molecule has 0 unspecified atom stereocenters. The number of nitrogens with one attached hydrogen (secondary N) is 1. The predicted octanol–water partition coefficient (Wildman–Crippen LogP) is 2.40. The zero-order valence-electron chi connectivity index (χ0n) is 10.7. The zero-order valence-corrected chi connectivity index (χ0v) is 11.5. The summed E-state index contributed by atoms with van der Waals surface area (Å²) in [4.78, 5) is 4.27. The number of hydrogen-bond donors (Lipinski definition) is 1. The minimum Gasteiger partial charge on any atom is -0.454 e. The van der Waals surface area contributed by atoms with E-state index in [0.29, 0.717) is 11.5 Å². The molecule has 0 spiro atoms. The molecule has 0 fully saturated rings. The van der Waals surface area contributed by atoms with Gasteiger partial charge in [0.25, 0.3) is 0 Å². The Balaban J connectivity index is 2.03. The van der Waals surface area contributed by atoms with Gasteiger partial charge in [0.2, 0.25) is 10.0 Å². The minimum absolute atomic E-state index is 0.125. The Morgan fingerprint density at radius 2 is 1.95 bits per heavy atom. The molecule has 0 saturated carbocycles. The second-order valence-corrected chi connectivity index (χ2v) is 6.12. The Kier molecular flexibility index (Phi) is 3.04. The van der Waals surface area contributed by atoms with Crippen molar-refractivity contribution < 1.29 is 12.8 Å². The number of sulfonamides is 1. The van der Waals surface area contributed by atoms with Crippen molar-refractivity contribution in [2.75, 3.05) is 7.05 Å². The molecule has 3 rings (SSSR count). The maximum absolute atomic E-state index is 11.6. The van der Waals surface area contributed by atoms with Crippen molar-refractivity contribution in [3.63, 3.8) is 0 Å². The van der Waals surface area contributed by atoms with Gasteiger partial charge in [-0.15, -0.1) is 0 Å². The van der Waals surface area contributed by atoms with Crippen molar-refractivity contribution in [3.8, 4) is 11.5 Å². The van der Waals surface area contributed by atoms with Crippen LogP contribution >= 0.6 is 0 Å². The van der Waals surface area contributed by atoms with Gasteiger partial charge in [0, 0.05) is 11.6 Å². The van der Waals surface area contributed by atoms with Gasteiger partial charge in [0.05, 0.1) is 0 Å². The summed E-state index contributed by atoms with van der Waals surface area (Å²) in [6.45, 7) is 0. The fraction of sp³-hybridized carbons (Fsp3) is 0.0714. The van der Waals surface area contributed by atoms with Crippen LogP contribution < -0.4 is 4.72 Å². The van der Waals surface area contributed by atoms with Crippen molar-refractivity contribution in [1.82, 2.24) is 9.71 Å². The molecule has 6 heteroatoms. The second-order valence-electron chi connectivity index (χ2n) is 4.24. The third kappa shape index (κ3) is 2.19. The first kappa shape index (κ1) is 12.8. The molecule has 0 radical (unpaired) electrons. The lowest BCUT2D eigenvalue weighted by molar-refractivity contribution is 0.587. The molecule has 0 aliphatic carbocycles. The summed E-state index contributed by atoms with van der Waals surface area (Å²) in [7, 11) is -2.10. The van der Waals surface area contributed by atoms with Crippen LogP contribution in [0.4, 0.5) is 0 Å². The maximum atomic E-state index is 11.6. The molecule has 2 heterocycles. The molecule has 0 amide bonds. The number of nitrogens with zero attached hydrogens (tertiary/aromatic N) is 1. The molecule has 0 saturated heterocycles. The van der Waals surface area contributed by atoms with Crippen LogP contribution in [-0.4, -0.2) is 20.4 Å². The van der Waals surface area contributed by atoms with Crippen molar-refractivity contribution in [2.24, 2.45) is 0 Å². The average molecular weight is 288 g/mol. The third-order valence-electron chi connectivity index (χ3n) is 2.99. The summed E-state index contributed by atoms with van der Waals surface area (Å²) < 4.78 is 31.2. The molecular formula is C14H12N2O3S. The van der Waals surface area contributed by atoms with Gasteiger partial charge in [0.15, 0.2) is 5.76 Å². The summed E-state index contributed by atoms with van der Waals surface area (Å²) in [6, 6.07) is 12.7. The van der Waals surface area contributed by atoms with Crippen LogP contribution in [-0.2, 0) is 10.0 Å². The number of benzene rings is 1. The molecule has 1 aromatic carbocycles. The second kappa shape index (κ2) is 4.73. The van der Waals surface area contributed by atoms with Crippen molar-refractivity contribution in [1.29, 1.82) is 0 Å². The lowest BCUT2D eigenvalue weighted by Crippen LogP contribution is -2.18. The van der Waals surface area contributed by atoms with E-state index in [0.717, 1.165) is 11.0 Å². The highest BCUT2D eigenvalue weighted by Crippen LogP contribution is 2.26. The Bertz CT molecular complexity index is 819. The number of rotatable bonds is 3. The summed E-state index contributed by atoms with van der Waals surface area (Å²) >= 11 is 0. The predicted molar refractivity (Wildman–Crippen MR) is 75.7 cm³/mol. The molecule has 1 N–H and O–H groups in total. The molecule has 3 aromatic rings. The van der Waals surface area contributed by atoms with E-state index in [4.69, 9.17) is 4.42 Å². The zero-order chi connectivity index (χ0) is 14.2. The Hall–Kier alpha value is -2.18. The van der Waals surface area contributed by atoms with Crippen molar-refractivity contribution in [2.45, 2.75) is 4.90 Å². The first-order chi connectivity index (χ1) is 9.60. The molecule has 0 atom stereocenters. The van der Waals surface area contributed by atoms with Crippen LogP contribution in [0.1, 0.15) is 0 Å². The monoisotopic (exact) mass is 288 g/mol. The highest BCUT2D eigenvalue weighted by atomic mass is 32.2. The highest BCUT2D eigenvalue weighted by Gasteiger charge is 2.13. The van der Waals surface area contributed by atoms with E-state index >= 15 is 0 Å². The van der Waals surface area contributed by atoms with E-state index in [1.165, 1.54) is 19.3 Å². The van der Waals surface area contributed by atoms with Crippen molar-refractivity contribution in [3.05, 3.63) is 48.7 Å². The molecule has 20 heavy (non-hydrogen) atoms. The van der Waals surface area contributed by atoms with Crippen LogP contribution in [0.5, 0.6) is 0 Å². The Morgan fingerprint density at radius 3 is 2.60 bits per heavy atom. The topological polar surface area (TPSA) is 72.2 Å². The molecule has 5 nitrogen and oxygen atoms in total. The number of fused-ring (bicyclic) bond motifs is 1. The van der Waals surface area contributed by atoms with E-state index in [9.17, 15) is 8.42 Å². The number of pyridine rings is 1. The Labute approximate surface area is 116 Å². The first-order valence-electron chi connectivity index (χ1n) is 5.99. The molecule has 102 valence electrons. The fourth-order valence-electron chi connectivity index (χ4n) is 1.91. The molecule has 0 bridgehead atoms. The molecule has 2 aromatic heterocycles. The quantitative estimate of drug-likeness (QED) is 0.803. The van der Waals surface area contributed by atoms with Crippen LogP contribution in [0.3, 0.4) is 0 Å². The number of para-hydroxylation sites is 1. The average Bonchev–Trinajstić information content (AvgIpc) is 2.91. The standard InChI is InChI=1S/C14H12N2O3S/c1-15-20(17,18)11-6-7-12(16-9-11)14-8-10-4-2-3-5-13(10)19-14/h2-9,15H,1H3. The molecular weight excluding hydrogens is 276 g/mol. The largest absolute Gasteiger partial charge is 0.454 e. The lowest BCUT2D eigenvalue weighted by Gasteiger charge is -2.02. The summed E-state index contributed by atoms with van der Waals surface area (Å²) in [5.74, 6) is 0.611. The van der Waals surface area contributed by atoms with E-state index in [1.807, 2.05) is 30.3 Å². The highest BCUT2D eigenvalue weighted by molar-refractivity contribution is 7.89. The lowest BCUT2D eigenvalue weighted by atomic mass is 10.2. The SMILES string of the molecule is CNS(=O)(=O)c1ccc(-c2cc3ccccc3o2)nc1.